The summed E-state index contributed by atoms with van der Waals surface area (Å²) >= 11 is 0. The van der Waals surface area contributed by atoms with Crippen LogP contribution in [0.4, 0.5) is 5.82 Å². The molecule has 1 aliphatic rings. The normalized spacial score (nSPS) is 26.6. The van der Waals surface area contributed by atoms with Crippen LogP contribution in [0.5, 0.6) is 0 Å². The lowest BCUT2D eigenvalue weighted by Gasteiger charge is -2.51. The molecular weight excluding hydrogens is 214 g/mol. The number of anilines is 1. The van der Waals surface area contributed by atoms with Crippen molar-refractivity contribution < 1.29 is 4.74 Å². The monoisotopic (exact) mass is 237 g/mol. The average molecular weight is 237 g/mol. The van der Waals surface area contributed by atoms with Crippen LogP contribution in [0.1, 0.15) is 32.9 Å². The second-order valence-electron chi connectivity index (χ2n) is 5.49. The second kappa shape index (κ2) is 4.33. The van der Waals surface area contributed by atoms with E-state index in [0.29, 0.717) is 12.1 Å². The molecule has 2 rings (SSSR count). The highest BCUT2D eigenvalue weighted by Gasteiger charge is 2.49. The molecule has 0 aliphatic heterocycles. The van der Waals surface area contributed by atoms with E-state index in [4.69, 9.17) is 4.74 Å². The number of ether oxygens (including phenoxy) is 1. The molecule has 2 atom stereocenters. The van der Waals surface area contributed by atoms with Crippen molar-refractivity contribution in [1.29, 1.82) is 0 Å². The minimum atomic E-state index is 0.182. The van der Waals surface area contributed by atoms with E-state index in [0.717, 1.165) is 18.8 Å². The molecular formula is C13H23N3O. The average Bonchev–Trinajstić information content (AvgIpc) is 2.57. The van der Waals surface area contributed by atoms with Gasteiger partial charge in [0, 0.05) is 36.9 Å². The first kappa shape index (κ1) is 12.4. The molecule has 2 unspecified atom stereocenters. The third-order valence-corrected chi connectivity index (χ3v) is 3.98. The Morgan fingerprint density at radius 2 is 2.29 bits per heavy atom. The maximum atomic E-state index is 5.72. The van der Waals surface area contributed by atoms with Crippen molar-refractivity contribution in [1.82, 2.24) is 9.78 Å². The third-order valence-electron chi connectivity index (χ3n) is 3.98. The SMILES string of the molecule is CCOC1CC(Nc2cc(C)n(C)n2)C1(C)C. The van der Waals surface area contributed by atoms with Gasteiger partial charge in [0.2, 0.25) is 0 Å². The Balaban J connectivity index is 1.98. The van der Waals surface area contributed by atoms with Crippen molar-refractivity contribution in [2.45, 2.75) is 46.3 Å². The standard InChI is InChI=1S/C13H23N3O/c1-6-17-11-8-10(13(11,3)4)14-12-7-9(2)16(5)15-12/h7,10-11H,6,8H2,1-5H3,(H,14,15). The number of aryl methyl sites for hydroxylation is 2. The molecule has 1 fully saturated rings. The van der Waals surface area contributed by atoms with E-state index in [1.165, 1.54) is 5.69 Å². The van der Waals surface area contributed by atoms with E-state index in [-0.39, 0.29) is 5.41 Å². The van der Waals surface area contributed by atoms with Gasteiger partial charge in [-0.15, -0.1) is 0 Å². The van der Waals surface area contributed by atoms with Gasteiger partial charge in [-0.2, -0.15) is 5.10 Å². The Kier molecular flexibility index (Phi) is 3.17. The van der Waals surface area contributed by atoms with Crippen LogP contribution < -0.4 is 5.32 Å². The van der Waals surface area contributed by atoms with Gasteiger partial charge in [0.25, 0.3) is 0 Å². The molecule has 1 aromatic heterocycles. The fourth-order valence-corrected chi connectivity index (χ4v) is 2.42. The molecule has 0 amide bonds. The van der Waals surface area contributed by atoms with Crippen LogP contribution in [0, 0.1) is 12.3 Å². The highest BCUT2D eigenvalue weighted by Crippen LogP contribution is 2.44. The number of hydrogen-bond donors (Lipinski definition) is 1. The van der Waals surface area contributed by atoms with Gasteiger partial charge < -0.3 is 10.1 Å². The van der Waals surface area contributed by atoms with Crippen molar-refractivity contribution in [3.63, 3.8) is 0 Å². The van der Waals surface area contributed by atoms with Crippen molar-refractivity contribution >= 4 is 5.82 Å². The van der Waals surface area contributed by atoms with Gasteiger partial charge in [-0.1, -0.05) is 13.8 Å². The Morgan fingerprint density at radius 3 is 2.76 bits per heavy atom. The topological polar surface area (TPSA) is 39.1 Å². The fourth-order valence-electron chi connectivity index (χ4n) is 2.42. The Bertz CT molecular complexity index is 378. The summed E-state index contributed by atoms with van der Waals surface area (Å²) in [5.74, 6) is 0.970. The molecule has 0 spiro atoms. The summed E-state index contributed by atoms with van der Waals surface area (Å²) in [4.78, 5) is 0. The van der Waals surface area contributed by atoms with Crippen molar-refractivity contribution in [3.05, 3.63) is 11.8 Å². The van der Waals surface area contributed by atoms with Gasteiger partial charge in [0.05, 0.1) is 6.10 Å². The quantitative estimate of drug-likeness (QED) is 0.873. The molecule has 1 saturated carbocycles. The van der Waals surface area contributed by atoms with Crippen molar-refractivity contribution in [3.8, 4) is 0 Å². The predicted molar refractivity (Wildman–Crippen MR) is 69.2 cm³/mol. The summed E-state index contributed by atoms with van der Waals surface area (Å²) in [6.45, 7) is 9.42. The van der Waals surface area contributed by atoms with Gasteiger partial charge in [0.15, 0.2) is 0 Å². The zero-order valence-electron chi connectivity index (χ0n) is 11.4. The minimum Gasteiger partial charge on any atom is -0.378 e. The second-order valence-corrected chi connectivity index (χ2v) is 5.49. The lowest BCUT2D eigenvalue weighted by atomic mass is 9.64. The lowest BCUT2D eigenvalue weighted by Crippen LogP contribution is -2.58. The Morgan fingerprint density at radius 1 is 1.59 bits per heavy atom. The molecule has 1 N–H and O–H groups in total. The van der Waals surface area contributed by atoms with Crippen LogP contribution in [0.2, 0.25) is 0 Å². The highest BCUT2D eigenvalue weighted by molar-refractivity contribution is 5.38. The zero-order chi connectivity index (χ0) is 12.6. The van der Waals surface area contributed by atoms with Crippen molar-refractivity contribution in [2.24, 2.45) is 12.5 Å². The van der Waals surface area contributed by atoms with E-state index < -0.39 is 0 Å². The number of hydrogen-bond acceptors (Lipinski definition) is 3. The molecule has 4 nitrogen and oxygen atoms in total. The first-order chi connectivity index (χ1) is 7.95. The largest absolute Gasteiger partial charge is 0.378 e. The van der Waals surface area contributed by atoms with E-state index in [9.17, 15) is 0 Å². The molecule has 1 aromatic rings. The zero-order valence-corrected chi connectivity index (χ0v) is 11.4. The number of nitrogens with one attached hydrogen (secondary N) is 1. The number of rotatable bonds is 4. The van der Waals surface area contributed by atoms with E-state index >= 15 is 0 Å². The maximum Gasteiger partial charge on any atom is 0.148 e. The molecule has 1 heterocycles. The van der Waals surface area contributed by atoms with Gasteiger partial charge in [-0.25, -0.2) is 0 Å². The minimum absolute atomic E-state index is 0.182. The molecule has 1 aliphatic carbocycles. The summed E-state index contributed by atoms with van der Waals surface area (Å²) < 4.78 is 7.62. The van der Waals surface area contributed by atoms with Crippen LogP contribution >= 0.6 is 0 Å². The van der Waals surface area contributed by atoms with E-state index in [2.05, 4.69) is 44.2 Å². The van der Waals surface area contributed by atoms with Gasteiger partial charge in [-0.05, 0) is 20.3 Å². The fraction of sp³-hybridized carbons (Fsp3) is 0.769. The summed E-state index contributed by atoms with van der Waals surface area (Å²) in [5.41, 5.74) is 1.35. The molecule has 17 heavy (non-hydrogen) atoms. The van der Waals surface area contributed by atoms with E-state index in [1.807, 2.05) is 11.7 Å². The summed E-state index contributed by atoms with van der Waals surface area (Å²) in [6, 6.07) is 2.54. The molecule has 0 radical (unpaired) electrons. The molecule has 4 heteroatoms. The Hall–Kier alpha value is -1.03. The van der Waals surface area contributed by atoms with Crippen LogP contribution in [-0.2, 0) is 11.8 Å². The molecule has 0 aromatic carbocycles. The van der Waals surface area contributed by atoms with Crippen LogP contribution in [0.15, 0.2) is 6.07 Å². The first-order valence-corrected chi connectivity index (χ1v) is 6.34. The lowest BCUT2D eigenvalue weighted by molar-refractivity contribution is -0.0976. The summed E-state index contributed by atoms with van der Waals surface area (Å²) in [7, 11) is 1.97. The predicted octanol–water partition coefficient (Wildman–Crippen LogP) is 2.34. The third kappa shape index (κ3) is 2.18. The highest BCUT2D eigenvalue weighted by atomic mass is 16.5. The number of nitrogens with zero attached hydrogens (tertiary/aromatic N) is 2. The van der Waals surface area contributed by atoms with Crippen LogP contribution in [0.25, 0.3) is 0 Å². The number of aromatic nitrogens is 2. The van der Waals surface area contributed by atoms with Crippen molar-refractivity contribution in [2.75, 3.05) is 11.9 Å². The maximum absolute atomic E-state index is 5.72. The smallest absolute Gasteiger partial charge is 0.148 e. The van der Waals surface area contributed by atoms with Gasteiger partial charge >= 0.3 is 0 Å². The van der Waals surface area contributed by atoms with E-state index in [1.54, 1.807) is 0 Å². The first-order valence-electron chi connectivity index (χ1n) is 6.34. The molecule has 0 saturated heterocycles. The molecule has 96 valence electrons. The Labute approximate surface area is 103 Å². The van der Waals surface area contributed by atoms with Gasteiger partial charge in [0.1, 0.15) is 5.82 Å². The summed E-state index contributed by atoms with van der Waals surface area (Å²) in [5, 5.41) is 7.94. The molecule has 0 bridgehead atoms. The van der Waals surface area contributed by atoms with Crippen LogP contribution in [-0.4, -0.2) is 28.5 Å². The summed E-state index contributed by atoms with van der Waals surface area (Å²) in [6.07, 6.45) is 1.44. The van der Waals surface area contributed by atoms with Crippen LogP contribution in [0.3, 0.4) is 0 Å². The van der Waals surface area contributed by atoms with Gasteiger partial charge in [-0.3, -0.25) is 4.68 Å².